The van der Waals surface area contributed by atoms with Crippen molar-refractivity contribution in [2.45, 2.75) is 31.7 Å². The highest BCUT2D eigenvalue weighted by Crippen LogP contribution is 2.23. The predicted molar refractivity (Wildman–Crippen MR) is 78.3 cm³/mol. The fourth-order valence-electron chi connectivity index (χ4n) is 2.51. The Balaban J connectivity index is 2.01. The summed E-state index contributed by atoms with van der Waals surface area (Å²) in [7, 11) is 0. The van der Waals surface area contributed by atoms with Gasteiger partial charge in [0, 0.05) is 6.42 Å². The second-order valence-corrected chi connectivity index (χ2v) is 5.08. The van der Waals surface area contributed by atoms with Gasteiger partial charge in [0.05, 0.1) is 0 Å². The van der Waals surface area contributed by atoms with Gasteiger partial charge in [-0.3, -0.25) is 0 Å². The number of carbonyl (C=O) groups excluding carboxylic acids is 1. The van der Waals surface area contributed by atoms with Crippen molar-refractivity contribution in [1.82, 2.24) is 5.32 Å². The number of hydrogen-bond donors (Lipinski definition) is 2. The van der Waals surface area contributed by atoms with Crippen LogP contribution in [-0.2, 0) is 28.8 Å². The molecule has 2 rings (SSSR count). The third kappa shape index (κ3) is 4.08. The van der Waals surface area contributed by atoms with Crippen molar-refractivity contribution in [3.8, 4) is 0 Å². The number of ether oxygens (including phenoxy) is 1. The van der Waals surface area contributed by atoms with Crippen LogP contribution in [0.1, 0.15) is 23.1 Å². The Morgan fingerprint density at radius 2 is 2.14 bits per heavy atom. The second kappa shape index (κ2) is 6.92. The molecule has 1 aliphatic carbocycles. The molecule has 1 atom stereocenters. The monoisotopic (exact) mass is 289 g/mol. The summed E-state index contributed by atoms with van der Waals surface area (Å²) in [5, 5.41) is 11.6. The van der Waals surface area contributed by atoms with Crippen molar-refractivity contribution < 1.29 is 19.4 Å². The minimum Gasteiger partial charge on any atom is -0.480 e. The zero-order valence-electron chi connectivity index (χ0n) is 11.8. The normalized spacial score (nSPS) is 14.1. The highest BCUT2D eigenvalue weighted by atomic mass is 16.5. The first-order valence-electron chi connectivity index (χ1n) is 6.98. The molecule has 0 heterocycles. The molecule has 0 saturated carbocycles. The van der Waals surface area contributed by atoms with Gasteiger partial charge in [-0.15, -0.1) is 0 Å². The average molecular weight is 289 g/mol. The molecule has 1 aromatic rings. The van der Waals surface area contributed by atoms with E-state index in [1.165, 1.54) is 17.2 Å². The van der Waals surface area contributed by atoms with Crippen molar-refractivity contribution in [2.75, 3.05) is 6.61 Å². The van der Waals surface area contributed by atoms with Gasteiger partial charge in [0.25, 0.3) is 0 Å². The molecule has 5 heteroatoms. The van der Waals surface area contributed by atoms with E-state index in [0.717, 1.165) is 24.8 Å². The van der Waals surface area contributed by atoms with Crippen molar-refractivity contribution >= 4 is 12.1 Å². The lowest BCUT2D eigenvalue weighted by molar-refractivity contribution is -0.139. The number of carboxylic acids is 1. The Labute approximate surface area is 123 Å². The van der Waals surface area contributed by atoms with Gasteiger partial charge >= 0.3 is 12.1 Å². The molecule has 1 amide bonds. The Kier molecular flexibility index (Phi) is 4.98. The van der Waals surface area contributed by atoms with Gasteiger partial charge in [-0.25, -0.2) is 9.59 Å². The summed E-state index contributed by atoms with van der Waals surface area (Å²) in [6.45, 7) is 3.48. The number of hydrogen-bond acceptors (Lipinski definition) is 3. The van der Waals surface area contributed by atoms with E-state index in [4.69, 9.17) is 4.74 Å². The maximum absolute atomic E-state index is 11.4. The highest BCUT2D eigenvalue weighted by Gasteiger charge is 2.22. The number of amides is 1. The topological polar surface area (TPSA) is 75.6 Å². The average Bonchev–Trinajstić information content (AvgIpc) is 2.91. The molecular formula is C16H19NO4. The molecule has 0 aromatic heterocycles. The van der Waals surface area contributed by atoms with E-state index >= 15 is 0 Å². The standard InChI is InChI=1S/C16H19NO4/c1-2-8-21-16(20)17-14(15(18)19)10-11-6-7-12-4-3-5-13(12)9-11/h2,6-7,9,14H,1,3-5,8,10H2,(H,17,20)(H,18,19)/t14-/m1/s1. The van der Waals surface area contributed by atoms with Crippen molar-refractivity contribution in [1.29, 1.82) is 0 Å². The summed E-state index contributed by atoms with van der Waals surface area (Å²) < 4.78 is 4.75. The Hall–Kier alpha value is -2.30. The fourth-order valence-corrected chi connectivity index (χ4v) is 2.51. The minimum absolute atomic E-state index is 0.0526. The van der Waals surface area contributed by atoms with Crippen LogP contribution in [0.3, 0.4) is 0 Å². The van der Waals surface area contributed by atoms with Gasteiger partial charge in [-0.1, -0.05) is 30.9 Å². The number of fused-ring (bicyclic) bond motifs is 1. The summed E-state index contributed by atoms with van der Waals surface area (Å²) in [4.78, 5) is 22.7. The quantitative estimate of drug-likeness (QED) is 0.786. The molecule has 0 radical (unpaired) electrons. The first-order chi connectivity index (χ1) is 10.1. The third-order valence-electron chi connectivity index (χ3n) is 3.53. The number of rotatable bonds is 6. The molecule has 2 N–H and O–H groups in total. The largest absolute Gasteiger partial charge is 0.480 e. The lowest BCUT2D eigenvalue weighted by Crippen LogP contribution is -2.42. The van der Waals surface area contributed by atoms with Crippen molar-refractivity contribution in [2.24, 2.45) is 0 Å². The van der Waals surface area contributed by atoms with Crippen LogP contribution >= 0.6 is 0 Å². The minimum atomic E-state index is -1.08. The lowest BCUT2D eigenvalue weighted by atomic mass is 10.0. The Bertz CT molecular complexity index is 553. The van der Waals surface area contributed by atoms with Crippen LogP contribution in [0.5, 0.6) is 0 Å². The van der Waals surface area contributed by atoms with Crippen LogP contribution in [0.15, 0.2) is 30.9 Å². The lowest BCUT2D eigenvalue weighted by Gasteiger charge is -2.15. The van der Waals surface area contributed by atoms with Crippen molar-refractivity contribution in [3.63, 3.8) is 0 Å². The zero-order valence-corrected chi connectivity index (χ0v) is 11.8. The number of benzene rings is 1. The van der Waals surface area contributed by atoms with Crippen LogP contribution in [-0.4, -0.2) is 29.8 Å². The van der Waals surface area contributed by atoms with E-state index in [1.807, 2.05) is 18.2 Å². The maximum Gasteiger partial charge on any atom is 0.408 e. The van der Waals surface area contributed by atoms with Gasteiger partial charge in [0.15, 0.2) is 0 Å². The van der Waals surface area contributed by atoms with E-state index in [0.29, 0.717) is 0 Å². The third-order valence-corrected chi connectivity index (χ3v) is 3.53. The molecule has 21 heavy (non-hydrogen) atoms. The van der Waals surface area contributed by atoms with E-state index in [9.17, 15) is 14.7 Å². The summed E-state index contributed by atoms with van der Waals surface area (Å²) in [6.07, 6.45) is 4.19. The zero-order chi connectivity index (χ0) is 15.2. The van der Waals surface area contributed by atoms with Crippen molar-refractivity contribution in [3.05, 3.63) is 47.5 Å². The van der Waals surface area contributed by atoms with Gasteiger partial charge in [-0.2, -0.15) is 0 Å². The maximum atomic E-state index is 11.4. The molecule has 112 valence electrons. The van der Waals surface area contributed by atoms with Crippen LogP contribution in [0, 0.1) is 0 Å². The number of aliphatic carboxylic acids is 1. The molecule has 0 spiro atoms. The fraction of sp³-hybridized carbons (Fsp3) is 0.375. The summed E-state index contributed by atoms with van der Waals surface area (Å²) in [6, 6.07) is 5.01. The molecule has 0 unspecified atom stereocenters. The molecule has 5 nitrogen and oxygen atoms in total. The van der Waals surface area contributed by atoms with E-state index in [2.05, 4.69) is 11.9 Å². The molecule has 0 bridgehead atoms. The molecule has 0 saturated heterocycles. The van der Waals surface area contributed by atoms with Crippen LogP contribution in [0.25, 0.3) is 0 Å². The summed E-state index contributed by atoms with van der Waals surface area (Å²) in [5.74, 6) is -1.08. The van der Waals surface area contributed by atoms with Gasteiger partial charge in [-0.05, 0) is 36.0 Å². The second-order valence-electron chi connectivity index (χ2n) is 5.08. The van der Waals surface area contributed by atoms with E-state index < -0.39 is 18.1 Å². The summed E-state index contributed by atoms with van der Waals surface area (Å²) >= 11 is 0. The smallest absolute Gasteiger partial charge is 0.408 e. The molecule has 1 aliphatic rings. The predicted octanol–water partition coefficient (Wildman–Crippen LogP) is 2.08. The summed E-state index contributed by atoms with van der Waals surface area (Å²) in [5.41, 5.74) is 3.53. The number of carboxylic acid groups (broad SMARTS) is 1. The number of alkyl carbamates (subject to hydrolysis) is 1. The number of aryl methyl sites for hydroxylation is 2. The van der Waals surface area contributed by atoms with Crippen LogP contribution in [0.4, 0.5) is 4.79 Å². The van der Waals surface area contributed by atoms with E-state index in [-0.39, 0.29) is 13.0 Å². The SMILES string of the molecule is C=CCOC(=O)N[C@H](Cc1ccc2c(c1)CCC2)C(=O)O. The van der Waals surface area contributed by atoms with Gasteiger partial charge in [0.1, 0.15) is 12.6 Å². The van der Waals surface area contributed by atoms with E-state index in [1.54, 1.807) is 0 Å². The molecule has 0 aliphatic heterocycles. The van der Waals surface area contributed by atoms with Gasteiger partial charge < -0.3 is 15.2 Å². The van der Waals surface area contributed by atoms with Gasteiger partial charge in [0.2, 0.25) is 0 Å². The number of nitrogens with one attached hydrogen (secondary N) is 1. The van der Waals surface area contributed by atoms with Crippen LogP contribution in [0.2, 0.25) is 0 Å². The highest BCUT2D eigenvalue weighted by molar-refractivity contribution is 5.80. The molecular weight excluding hydrogens is 270 g/mol. The first-order valence-corrected chi connectivity index (χ1v) is 6.98. The Morgan fingerprint density at radius 1 is 1.38 bits per heavy atom. The number of carbonyl (C=O) groups is 2. The Morgan fingerprint density at radius 3 is 2.86 bits per heavy atom. The molecule has 0 fully saturated rings. The molecule has 1 aromatic carbocycles. The van der Waals surface area contributed by atoms with Crippen LogP contribution < -0.4 is 5.32 Å². The first kappa shape index (κ1) is 15.1.